The standard InChI is InChI=1S/C12H16BrNS/c1-14-12(9-6-7-15-8-9)10-4-2-3-5-11(10)13/h2-5,9,12,14H,6-8H2,1H3. The van der Waals surface area contributed by atoms with Crippen molar-refractivity contribution in [2.45, 2.75) is 12.5 Å². The van der Waals surface area contributed by atoms with Gasteiger partial charge in [-0.1, -0.05) is 34.1 Å². The van der Waals surface area contributed by atoms with Gasteiger partial charge < -0.3 is 5.32 Å². The topological polar surface area (TPSA) is 12.0 Å². The lowest BCUT2D eigenvalue weighted by molar-refractivity contribution is 0.418. The fourth-order valence-electron chi connectivity index (χ4n) is 2.19. The van der Waals surface area contributed by atoms with Crippen LogP contribution in [0.25, 0.3) is 0 Å². The van der Waals surface area contributed by atoms with Gasteiger partial charge in [-0.05, 0) is 42.5 Å². The summed E-state index contributed by atoms with van der Waals surface area (Å²) >= 11 is 5.71. The maximum absolute atomic E-state index is 3.64. The summed E-state index contributed by atoms with van der Waals surface area (Å²) in [6.07, 6.45) is 1.33. The number of nitrogens with one attached hydrogen (secondary N) is 1. The summed E-state index contributed by atoms with van der Waals surface area (Å²) in [5.74, 6) is 3.37. The lowest BCUT2D eigenvalue weighted by Gasteiger charge is -2.23. The number of halogens is 1. The molecule has 0 radical (unpaired) electrons. The second kappa shape index (κ2) is 5.37. The van der Waals surface area contributed by atoms with E-state index in [1.54, 1.807) is 0 Å². The second-order valence-electron chi connectivity index (χ2n) is 3.91. The Labute approximate surface area is 104 Å². The van der Waals surface area contributed by atoms with Gasteiger partial charge in [0.1, 0.15) is 0 Å². The van der Waals surface area contributed by atoms with E-state index in [0.717, 1.165) is 5.92 Å². The maximum Gasteiger partial charge on any atom is 0.0365 e. The molecular weight excluding hydrogens is 270 g/mol. The average molecular weight is 286 g/mol. The molecule has 0 spiro atoms. The van der Waals surface area contributed by atoms with Crippen molar-refractivity contribution in [3.63, 3.8) is 0 Å². The van der Waals surface area contributed by atoms with Gasteiger partial charge in [-0.3, -0.25) is 0 Å². The normalized spacial score (nSPS) is 22.9. The summed E-state index contributed by atoms with van der Waals surface area (Å²) in [5.41, 5.74) is 1.40. The largest absolute Gasteiger partial charge is 0.313 e. The van der Waals surface area contributed by atoms with Crippen LogP contribution in [-0.4, -0.2) is 18.6 Å². The molecule has 1 heterocycles. The van der Waals surface area contributed by atoms with Gasteiger partial charge in [-0.25, -0.2) is 0 Å². The van der Waals surface area contributed by atoms with Crippen LogP contribution in [-0.2, 0) is 0 Å². The summed E-state index contributed by atoms with van der Waals surface area (Å²) in [6, 6.07) is 9.03. The van der Waals surface area contributed by atoms with E-state index in [4.69, 9.17) is 0 Å². The Morgan fingerprint density at radius 3 is 2.87 bits per heavy atom. The van der Waals surface area contributed by atoms with Crippen molar-refractivity contribution in [2.75, 3.05) is 18.6 Å². The van der Waals surface area contributed by atoms with Crippen LogP contribution in [0.3, 0.4) is 0 Å². The van der Waals surface area contributed by atoms with Crippen molar-refractivity contribution in [3.8, 4) is 0 Å². The molecule has 2 atom stereocenters. The first kappa shape index (κ1) is 11.5. The highest BCUT2D eigenvalue weighted by molar-refractivity contribution is 9.10. The summed E-state index contributed by atoms with van der Waals surface area (Å²) in [4.78, 5) is 0. The third-order valence-corrected chi connectivity index (χ3v) is 4.90. The van der Waals surface area contributed by atoms with E-state index in [9.17, 15) is 0 Å². The Hall–Kier alpha value is 0.01000. The Morgan fingerprint density at radius 2 is 2.27 bits per heavy atom. The fourth-order valence-corrected chi connectivity index (χ4v) is 4.02. The van der Waals surface area contributed by atoms with Crippen LogP contribution in [0.5, 0.6) is 0 Å². The summed E-state index contributed by atoms with van der Waals surface area (Å²) < 4.78 is 1.22. The Morgan fingerprint density at radius 1 is 1.47 bits per heavy atom. The predicted octanol–water partition coefficient (Wildman–Crippen LogP) is 3.46. The fraction of sp³-hybridized carbons (Fsp3) is 0.500. The molecule has 0 aromatic heterocycles. The molecule has 2 unspecified atom stereocenters. The summed E-state index contributed by atoms with van der Waals surface area (Å²) in [5, 5.41) is 3.46. The zero-order chi connectivity index (χ0) is 10.7. The maximum atomic E-state index is 3.64. The SMILES string of the molecule is CNC(c1ccccc1Br)C1CCSC1. The lowest BCUT2D eigenvalue weighted by Crippen LogP contribution is -2.25. The predicted molar refractivity (Wildman–Crippen MR) is 71.4 cm³/mol. The lowest BCUT2D eigenvalue weighted by atomic mass is 9.93. The van der Waals surface area contributed by atoms with Gasteiger partial charge in [-0.15, -0.1) is 0 Å². The van der Waals surface area contributed by atoms with Crippen LogP contribution in [0, 0.1) is 5.92 Å². The van der Waals surface area contributed by atoms with Crippen LogP contribution in [0.2, 0.25) is 0 Å². The Balaban J connectivity index is 2.22. The molecule has 1 nitrogen and oxygen atoms in total. The molecule has 82 valence electrons. The number of benzene rings is 1. The zero-order valence-corrected chi connectivity index (χ0v) is 11.3. The first-order valence-corrected chi connectivity index (χ1v) is 7.27. The molecule has 1 aromatic rings. The molecule has 2 rings (SSSR count). The van der Waals surface area contributed by atoms with Crippen molar-refractivity contribution < 1.29 is 0 Å². The second-order valence-corrected chi connectivity index (χ2v) is 5.92. The third kappa shape index (κ3) is 2.58. The third-order valence-electron chi connectivity index (χ3n) is 2.99. The van der Waals surface area contributed by atoms with Gasteiger partial charge >= 0.3 is 0 Å². The molecule has 0 saturated carbocycles. The molecule has 0 aliphatic carbocycles. The molecule has 0 amide bonds. The van der Waals surface area contributed by atoms with E-state index in [2.05, 4.69) is 64.3 Å². The molecule has 15 heavy (non-hydrogen) atoms. The van der Waals surface area contributed by atoms with E-state index in [1.807, 2.05) is 0 Å². The average Bonchev–Trinajstić information content (AvgIpc) is 2.75. The van der Waals surface area contributed by atoms with Crippen LogP contribution in [0.15, 0.2) is 28.7 Å². The first-order valence-electron chi connectivity index (χ1n) is 5.32. The summed E-state index contributed by atoms with van der Waals surface area (Å²) in [6.45, 7) is 0. The van der Waals surface area contributed by atoms with E-state index in [0.29, 0.717) is 6.04 Å². The minimum absolute atomic E-state index is 0.496. The van der Waals surface area contributed by atoms with Gasteiger partial charge in [0.25, 0.3) is 0 Å². The zero-order valence-electron chi connectivity index (χ0n) is 8.87. The van der Waals surface area contributed by atoms with Gasteiger partial charge in [-0.2, -0.15) is 11.8 Å². The highest BCUT2D eigenvalue weighted by atomic mass is 79.9. The number of rotatable bonds is 3. The smallest absolute Gasteiger partial charge is 0.0365 e. The van der Waals surface area contributed by atoms with Gasteiger partial charge in [0.15, 0.2) is 0 Å². The van der Waals surface area contributed by atoms with E-state index >= 15 is 0 Å². The molecular formula is C12H16BrNS. The van der Waals surface area contributed by atoms with Crippen molar-refractivity contribution in [2.24, 2.45) is 5.92 Å². The van der Waals surface area contributed by atoms with Gasteiger partial charge in [0.05, 0.1) is 0 Å². The molecule has 1 aromatic carbocycles. The first-order chi connectivity index (χ1) is 7.33. The van der Waals surface area contributed by atoms with Crippen LogP contribution in [0.1, 0.15) is 18.0 Å². The van der Waals surface area contributed by atoms with Crippen LogP contribution < -0.4 is 5.32 Å². The molecule has 1 N–H and O–H groups in total. The molecule has 1 aliphatic rings. The Bertz CT molecular complexity index is 323. The summed E-state index contributed by atoms with van der Waals surface area (Å²) in [7, 11) is 2.06. The number of thioether (sulfide) groups is 1. The highest BCUT2D eigenvalue weighted by Crippen LogP contribution is 2.36. The molecule has 3 heteroatoms. The van der Waals surface area contributed by atoms with Crippen LogP contribution >= 0.6 is 27.7 Å². The van der Waals surface area contributed by atoms with Crippen LogP contribution in [0.4, 0.5) is 0 Å². The quantitative estimate of drug-likeness (QED) is 0.913. The van der Waals surface area contributed by atoms with Crippen molar-refractivity contribution in [1.82, 2.24) is 5.32 Å². The minimum Gasteiger partial charge on any atom is -0.313 e. The minimum atomic E-state index is 0.496. The van der Waals surface area contributed by atoms with Crippen molar-refractivity contribution in [1.29, 1.82) is 0 Å². The number of hydrogen-bond acceptors (Lipinski definition) is 2. The highest BCUT2D eigenvalue weighted by Gasteiger charge is 2.26. The molecule has 1 saturated heterocycles. The van der Waals surface area contributed by atoms with E-state index in [1.165, 1.54) is 28.0 Å². The molecule has 1 fully saturated rings. The molecule has 0 bridgehead atoms. The van der Waals surface area contributed by atoms with E-state index in [-0.39, 0.29) is 0 Å². The van der Waals surface area contributed by atoms with Crippen molar-refractivity contribution >= 4 is 27.7 Å². The van der Waals surface area contributed by atoms with Gasteiger partial charge in [0.2, 0.25) is 0 Å². The van der Waals surface area contributed by atoms with E-state index < -0.39 is 0 Å². The van der Waals surface area contributed by atoms with Gasteiger partial charge in [0, 0.05) is 10.5 Å². The number of hydrogen-bond donors (Lipinski definition) is 1. The monoisotopic (exact) mass is 285 g/mol. The molecule has 1 aliphatic heterocycles. The van der Waals surface area contributed by atoms with Crippen molar-refractivity contribution in [3.05, 3.63) is 34.3 Å². The Kier molecular flexibility index (Phi) is 4.12.